The Morgan fingerprint density at radius 1 is 1.30 bits per heavy atom. The molecule has 1 saturated heterocycles. The monoisotopic (exact) mass is 466 g/mol. The van der Waals surface area contributed by atoms with Crippen LogP contribution in [0.2, 0.25) is 0 Å². The summed E-state index contributed by atoms with van der Waals surface area (Å²) in [4.78, 5) is 19.8. The number of amides is 1. The highest BCUT2D eigenvalue weighted by Gasteiger charge is 2.64. The van der Waals surface area contributed by atoms with Gasteiger partial charge in [-0.25, -0.2) is 0 Å². The van der Waals surface area contributed by atoms with E-state index in [1.807, 2.05) is 13.8 Å². The molecule has 0 spiro atoms. The molecule has 0 saturated carbocycles. The van der Waals surface area contributed by atoms with Crippen LogP contribution in [0.5, 0.6) is 0 Å². The summed E-state index contributed by atoms with van der Waals surface area (Å²) in [6, 6.07) is 7.82. The average molecular weight is 466 g/mol. The fraction of sp³-hybridized carbons (Fsp3) is 0.500. The smallest absolute Gasteiger partial charge is 0.391 e. The molecule has 0 bridgehead atoms. The van der Waals surface area contributed by atoms with Crippen molar-refractivity contribution in [3.63, 3.8) is 0 Å². The molecule has 178 valence electrons. The molecule has 0 radical (unpaired) electrons. The highest BCUT2D eigenvalue weighted by atomic mass is 19.4. The number of oxime groups is 1. The molecule has 2 aliphatic heterocycles. The second kappa shape index (κ2) is 8.36. The van der Waals surface area contributed by atoms with E-state index in [1.165, 1.54) is 29.2 Å². The highest BCUT2D eigenvalue weighted by Crippen LogP contribution is 2.43. The minimum Gasteiger partial charge on any atom is -0.391 e. The number of alkyl halides is 3. The van der Waals surface area contributed by atoms with Gasteiger partial charge in [-0.05, 0) is 12.8 Å². The molecule has 0 aliphatic carbocycles. The number of hydrogen-bond donors (Lipinski definition) is 2. The minimum atomic E-state index is -4.84. The van der Waals surface area contributed by atoms with Gasteiger partial charge in [0, 0.05) is 24.6 Å². The molecular formula is C22H25F3N4O4. The number of carbonyl (C=O) groups excluding carboxylic acids is 1. The summed E-state index contributed by atoms with van der Waals surface area (Å²) in [5, 5.41) is 20.2. The molecule has 8 nitrogen and oxygen atoms in total. The highest BCUT2D eigenvalue weighted by molar-refractivity contribution is 5.94. The number of hydrogen-bond acceptors (Lipinski definition) is 7. The van der Waals surface area contributed by atoms with Crippen molar-refractivity contribution in [1.29, 1.82) is 0 Å². The largest absolute Gasteiger partial charge is 0.456 e. The molecule has 1 amide bonds. The summed E-state index contributed by atoms with van der Waals surface area (Å²) in [5.41, 5.74) is -2.45. The number of β-amino-alcohol motifs (C(OH)–C–C–N with tert-alkyl or cyclic N) is 1. The molecule has 1 aromatic carbocycles. The molecule has 11 heteroatoms. The van der Waals surface area contributed by atoms with Gasteiger partial charge in [-0.2, -0.15) is 13.2 Å². The summed E-state index contributed by atoms with van der Waals surface area (Å²) in [7, 11) is 0. The predicted molar refractivity (Wildman–Crippen MR) is 111 cm³/mol. The Labute approximate surface area is 188 Å². The predicted octanol–water partition coefficient (Wildman–Crippen LogP) is 3.03. The second-order valence-electron chi connectivity index (χ2n) is 8.73. The third-order valence-electron chi connectivity index (χ3n) is 5.93. The fourth-order valence-corrected chi connectivity index (χ4v) is 4.33. The van der Waals surface area contributed by atoms with Crippen LogP contribution in [-0.2, 0) is 15.4 Å². The van der Waals surface area contributed by atoms with Gasteiger partial charge in [-0.3, -0.25) is 4.79 Å². The summed E-state index contributed by atoms with van der Waals surface area (Å²) in [6.45, 7) is 5.35. The van der Waals surface area contributed by atoms with Gasteiger partial charge in [0.25, 0.3) is 0 Å². The Morgan fingerprint density at radius 2 is 2.00 bits per heavy atom. The van der Waals surface area contributed by atoms with Crippen molar-refractivity contribution in [2.45, 2.75) is 57.2 Å². The number of nitrogens with one attached hydrogen (secondary N) is 1. The standard InChI is InChI=1S/C22H25F3N4O4/c1-12(2)18(17-9-13(3)27-32-17)20(31)29-11-15(30)10-16(29)19-26-21(33-28-19,22(23,24)25)14-7-5-4-6-8-14/h4-9,12,15-16,18,30H,10-11H2,1-3H3,(H,26,28)/t15-,16+,18?,21-/m1/s1. The third-order valence-corrected chi connectivity index (χ3v) is 5.93. The van der Waals surface area contributed by atoms with E-state index in [4.69, 9.17) is 9.36 Å². The number of aromatic nitrogens is 1. The second-order valence-corrected chi connectivity index (χ2v) is 8.73. The van der Waals surface area contributed by atoms with Crippen molar-refractivity contribution in [2.75, 3.05) is 6.54 Å². The lowest BCUT2D eigenvalue weighted by atomic mass is 9.91. The first-order valence-electron chi connectivity index (χ1n) is 10.6. The number of aliphatic hydroxyl groups excluding tert-OH is 1. The van der Waals surface area contributed by atoms with Crippen molar-refractivity contribution in [1.82, 2.24) is 15.4 Å². The number of carbonyl (C=O) groups is 1. The Kier molecular flexibility index (Phi) is 5.85. The molecule has 33 heavy (non-hydrogen) atoms. The van der Waals surface area contributed by atoms with E-state index >= 15 is 0 Å². The van der Waals surface area contributed by atoms with Gasteiger partial charge in [-0.15, -0.1) is 0 Å². The molecule has 2 N–H and O–H groups in total. The van der Waals surface area contributed by atoms with Crippen molar-refractivity contribution in [3.05, 3.63) is 53.4 Å². The normalized spacial score (nSPS) is 26.2. The van der Waals surface area contributed by atoms with Crippen LogP contribution in [0.25, 0.3) is 0 Å². The van der Waals surface area contributed by atoms with E-state index in [1.54, 1.807) is 19.1 Å². The molecule has 1 aromatic heterocycles. The third kappa shape index (κ3) is 4.05. The Balaban J connectivity index is 1.64. The number of aryl methyl sites for hydroxylation is 1. The number of aliphatic hydroxyl groups is 1. The van der Waals surface area contributed by atoms with Crippen molar-refractivity contribution < 1.29 is 32.4 Å². The van der Waals surface area contributed by atoms with Gasteiger partial charge in [0.2, 0.25) is 5.91 Å². The van der Waals surface area contributed by atoms with Crippen molar-refractivity contribution in [3.8, 4) is 0 Å². The van der Waals surface area contributed by atoms with Crippen LogP contribution in [-0.4, -0.2) is 51.8 Å². The lowest BCUT2D eigenvalue weighted by Gasteiger charge is -2.32. The number of rotatable bonds is 5. The Hall–Kier alpha value is -3.08. The first kappa shape index (κ1) is 23.1. The van der Waals surface area contributed by atoms with E-state index in [9.17, 15) is 23.1 Å². The van der Waals surface area contributed by atoms with Crippen molar-refractivity contribution >= 4 is 11.7 Å². The summed E-state index contributed by atoms with van der Waals surface area (Å²) in [6.07, 6.45) is -5.75. The topological polar surface area (TPSA) is 100 Å². The maximum absolute atomic E-state index is 14.1. The lowest BCUT2D eigenvalue weighted by molar-refractivity contribution is -0.284. The average Bonchev–Trinajstić information content (AvgIpc) is 3.46. The molecule has 3 heterocycles. The van der Waals surface area contributed by atoms with Gasteiger partial charge < -0.3 is 24.7 Å². The summed E-state index contributed by atoms with van der Waals surface area (Å²) >= 11 is 0. The van der Waals surface area contributed by atoms with Crippen LogP contribution in [0, 0.1) is 12.8 Å². The van der Waals surface area contributed by atoms with E-state index in [0.29, 0.717) is 11.5 Å². The van der Waals surface area contributed by atoms with E-state index in [0.717, 1.165) is 0 Å². The first-order valence-corrected chi connectivity index (χ1v) is 10.6. The quantitative estimate of drug-likeness (QED) is 0.703. The minimum absolute atomic E-state index is 0.0178. The van der Waals surface area contributed by atoms with E-state index < -0.39 is 35.9 Å². The number of likely N-dealkylation sites (tertiary alicyclic amines) is 1. The zero-order valence-corrected chi connectivity index (χ0v) is 18.3. The molecule has 2 aromatic rings. The Bertz CT molecular complexity index is 1040. The molecule has 4 rings (SSSR count). The Morgan fingerprint density at radius 3 is 2.58 bits per heavy atom. The summed E-state index contributed by atoms with van der Waals surface area (Å²) < 4.78 is 47.7. The number of halogens is 3. The zero-order chi connectivity index (χ0) is 24.0. The van der Waals surface area contributed by atoms with Crippen LogP contribution in [0.3, 0.4) is 0 Å². The summed E-state index contributed by atoms with van der Waals surface area (Å²) in [5.74, 6) is -1.10. The van der Waals surface area contributed by atoms with Crippen molar-refractivity contribution in [2.24, 2.45) is 11.1 Å². The number of nitrogens with zero attached hydrogens (tertiary/aromatic N) is 3. The van der Waals surface area contributed by atoms with Gasteiger partial charge in [-0.1, -0.05) is 54.5 Å². The van der Waals surface area contributed by atoms with Crippen LogP contribution in [0.1, 0.15) is 43.2 Å². The van der Waals surface area contributed by atoms with E-state index in [-0.39, 0.29) is 30.3 Å². The molecule has 4 atom stereocenters. The van der Waals surface area contributed by atoms with Crippen LogP contribution >= 0.6 is 0 Å². The lowest BCUT2D eigenvalue weighted by Crippen LogP contribution is -2.57. The molecule has 2 aliphatic rings. The number of amidine groups is 1. The van der Waals surface area contributed by atoms with Crippen LogP contribution < -0.4 is 5.32 Å². The van der Waals surface area contributed by atoms with E-state index in [2.05, 4.69) is 15.6 Å². The first-order chi connectivity index (χ1) is 15.5. The number of benzene rings is 1. The fourth-order valence-electron chi connectivity index (χ4n) is 4.33. The SMILES string of the molecule is Cc1cc(C(C(=O)N2C[C@H](O)C[C@H]2C2=NO[C@](c3ccccc3)(C(F)(F)F)N2)C(C)C)on1. The molecular weight excluding hydrogens is 441 g/mol. The molecule has 1 fully saturated rings. The van der Waals surface area contributed by atoms with Gasteiger partial charge in [0.1, 0.15) is 11.7 Å². The van der Waals surface area contributed by atoms with Crippen LogP contribution in [0.4, 0.5) is 13.2 Å². The molecule has 1 unspecified atom stereocenters. The van der Waals surface area contributed by atoms with Crippen LogP contribution in [0.15, 0.2) is 46.1 Å². The van der Waals surface area contributed by atoms with Gasteiger partial charge in [0.15, 0.2) is 5.84 Å². The maximum atomic E-state index is 14.1. The zero-order valence-electron chi connectivity index (χ0n) is 18.3. The van der Waals surface area contributed by atoms with Gasteiger partial charge >= 0.3 is 11.9 Å². The maximum Gasteiger partial charge on any atom is 0.456 e. The van der Waals surface area contributed by atoms with Gasteiger partial charge in [0.05, 0.1) is 17.8 Å².